The summed E-state index contributed by atoms with van der Waals surface area (Å²) in [6.07, 6.45) is -4.61. The van der Waals surface area contributed by atoms with Crippen molar-refractivity contribution in [2.45, 2.75) is 12.2 Å². The second kappa shape index (κ2) is 6.67. The number of rotatable bonds is 5. The number of aromatic nitrogens is 4. The van der Waals surface area contributed by atoms with E-state index in [-0.39, 0.29) is 11.7 Å². The zero-order valence-electron chi connectivity index (χ0n) is 13.7. The van der Waals surface area contributed by atoms with Crippen molar-refractivity contribution in [2.75, 3.05) is 26.0 Å². The number of nitrogens with one attached hydrogen (secondary N) is 1. The Morgan fingerprint density at radius 1 is 1.08 bits per heavy atom. The predicted molar refractivity (Wildman–Crippen MR) is 87.1 cm³/mol. The van der Waals surface area contributed by atoms with Crippen molar-refractivity contribution in [1.82, 2.24) is 24.7 Å². The van der Waals surface area contributed by atoms with Gasteiger partial charge in [-0.15, -0.1) is 15.3 Å². The fourth-order valence-electron chi connectivity index (χ4n) is 2.53. The van der Waals surface area contributed by atoms with E-state index in [9.17, 15) is 13.2 Å². The van der Waals surface area contributed by atoms with Crippen LogP contribution in [-0.2, 0) is 6.18 Å². The smallest absolute Gasteiger partial charge is 0.367 e. The summed E-state index contributed by atoms with van der Waals surface area (Å²) in [5.74, 6) is -0.820. The quantitative estimate of drug-likeness (QED) is 0.767. The lowest BCUT2D eigenvalue weighted by molar-refractivity contribution is -0.146. The first-order chi connectivity index (χ1) is 11.9. The lowest BCUT2D eigenvalue weighted by atomic mass is 10.1. The third-order valence-electron chi connectivity index (χ3n) is 3.80. The number of hydrogen-bond acceptors (Lipinski definition) is 5. The van der Waals surface area contributed by atoms with Crippen LogP contribution in [0.5, 0.6) is 0 Å². The van der Waals surface area contributed by atoms with Crippen molar-refractivity contribution in [1.29, 1.82) is 0 Å². The molecule has 1 N–H and O–H groups in total. The summed E-state index contributed by atoms with van der Waals surface area (Å²) < 4.78 is 39.5. The van der Waals surface area contributed by atoms with E-state index in [0.717, 1.165) is 5.56 Å². The third kappa shape index (κ3) is 3.71. The average molecular weight is 350 g/mol. The molecule has 2 aromatic heterocycles. The summed E-state index contributed by atoms with van der Waals surface area (Å²) in [5.41, 5.74) is 1.14. The monoisotopic (exact) mass is 350 g/mol. The van der Waals surface area contributed by atoms with E-state index in [1.54, 1.807) is 6.07 Å². The second-order valence-electron chi connectivity index (χ2n) is 5.78. The zero-order chi connectivity index (χ0) is 18.0. The van der Waals surface area contributed by atoms with E-state index < -0.39 is 12.0 Å². The van der Waals surface area contributed by atoms with Crippen molar-refractivity contribution in [3.8, 4) is 0 Å². The molecule has 0 saturated carbocycles. The summed E-state index contributed by atoms with van der Waals surface area (Å²) in [7, 11) is 3.88. The Hall–Kier alpha value is -2.68. The van der Waals surface area contributed by atoms with E-state index in [1.165, 1.54) is 6.07 Å². The minimum atomic E-state index is -4.61. The fraction of sp³-hybridized carbons (Fsp3) is 0.312. The average Bonchev–Trinajstić information content (AvgIpc) is 2.99. The van der Waals surface area contributed by atoms with E-state index in [1.807, 2.05) is 49.3 Å². The Morgan fingerprint density at radius 3 is 2.44 bits per heavy atom. The molecule has 1 aromatic carbocycles. The van der Waals surface area contributed by atoms with Gasteiger partial charge in [-0.05, 0) is 31.8 Å². The van der Waals surface area contributed by atoms with Crippen LogP contribution in [-0.4, -0.2) is 45.4 Å². The summed E-state index contributed by atoms with van der Waals surface area (Å²) >= 11 is 0. The number of benzene rings is 1. The Morgan fingerprint density at radius 2 is 1.80 bits per heavy atom. The van der Waals surface area contributed by atoms with Gasteiger partial charge in [0.1, 0.15) is 5.82 Å². The molecule has 0 amide bonds. The highest BCUT2D eigenvalue weighted by molar-refractivity contribution is 5.44. The molecule has 3 rings (SSSR count). The number of hydrogen-bond donors (Lipinski definition) is 1. The summed E-state index contributed by atoms with van der Waals surface area (Å²) in [5, 5.41) is 13.7. The van der Waals surface area contributed by atoms with Gasteiger partial charge in [0, 0.05) is 6.54 Å². The molecule has 0 aliphatic rings. The SMILES string of the molecule is CN(C)C(CNc1ccc2nnc(C(F)(F)F)n2n1)c1ccccc1. The molecular weight excluding hydrogens is 333 g/mol. The Labute approximate surface area is 142 Å². The minimum absolute atomic E-state index is 0.0432. The fourth-order valence-corrected chi connectivity index (χ4v) is 2.53. The molecule has 9 heteroatoms. The van der Waals surface area contributed by atoms with Crippen molar-refractivity contribution in [2.24, 2.45) is 0 Å². The zero-order valence-corrected chi connectivity index (χ0v) is 13.7. The molecule has 0 aliphatic heterocycles. The van der Waals surface area contributed by atoms with Crippen molar-refractivity contribution >= 4 is 11.5 Å². The standard InChI is InChI=1S/C16H17F3N6/c1-24(2)12(11-6-4-3-5-7-11)10-20-13-8-9-14-21-22-15(16(17,18)19)25(14)23-13/h3-9,12H,10H2,1-2H3,(H,20,23). The third-order valence-corrected chi connectivity index (χ3v) is 3.80. The van der Waals surface area contributed by atoms with Gasteiger partial charge >= 0.3 is 6.18 Å². The second-order valence-corrected chi connectivity index (χ2v) is 5.78. The van der Waals surface area contributed by atoms with Crippen LogP contribution >= 0.6 is 0 Å². The van der Waals surface area contributed by atoms with Gasteiger partial charge in [-0.25, -0.2) is 0 Å². The predicted octanol–water partition coefficient (Wildman–Crippen LogP) is 2.86. The van der Waals surface area contributed by atoms with Crippen LogP contribution in [0.2, 0.25) is 0 Å². The van der Waals surface area contributed by atoms with Gasteiger partial charge in [0.05, 0.1) is 6.04 Å². The Bertz CT molecular complexity index is 844. The first-order valence-corrected chi connectivity index (χ1v) is 7.61. The van der Waals surface area contributed by atoms with Crippen LogP contribution in [0.4, 0.5) is 19.0 Å². The Balaban J connectivity index is 1.83. The van der Waals surface area contributed by atoms with Crippen LogP contribution < -0.4 is 5.32 Å². The first-order valence-electron chi connectivity index (χ1n) is 7.61. The number of anilines is 1. The van der Waals surface area contributed by atoms with Gasteiger partial charge in [0.2, 0.25) is 0 Å². The van der Waals surface area contributed by atoms with E-state index in [0.29, 0.717) is 16.9 Å². The number of fused-ring (bicyclic) bond motifs is 1. The lowest BCUT2D eigenvalue weighted by Gasteiger charge is -2.25. The first kappa shape index (κ1) is 17.2. The normalized spacial score (nSPS) is 13.4. The van der Waals surface area contributed by atoms with Crippen molar-refractivity contribution in [3.05, 3.63) is 53.9 Å². The minimum Gasteiger partial charge on any atom is -0.367 e. The highest BCUT2D eigenvalue weighted by Crippen LogP contribution is 2.27. The number of alkyl halides is 3. The molecule has 0 radical (unpaired) electrons. The largest absolute Gasteiger partial charge is 0.453 e. The molecule has 25 heavy (non-hydrogen) atoms. The maximum absolute atomic E-state index is 12.9. The molecule has 6 nitrogen and oxygen atoms in total. The van der Waals surface area contributed by atoms with Crippen LogP contribution in [0.3, 0.4) is 0 Å². The molecule has 0 aliphatic carbocycles. The summed E-state index contributed by atoms with van der Waals surface area (Å²) in [6.45, 7) is 0.485. The van der Waals surface area contributed by atoms with Crippen LogP contribution in [0, 0.1) is 0 Å². The molecule has 0 saturated heterocycles. The number of halogens is 3. The molecule has 3 aromatic rings. The van der Waals surface area contributed by atoms with Gasteiger partial charge in [0.25, 0.3) is 5.82 Å². The molecule has 0 spiro atoms. The highest BCUT2D eigenvalue weighted by Gasteiger charge is 2.37. The molecule has 0 bridgehead atoms. The van der Waals surface area contributed by atoms with Crippen LogP contribution in [0.1, 0.15) is 17.4 Å². The van der Waals surface area contributed by atoms with Crippen molar-refractivity contribution < 1.29 is 13.2 Å². The molecule has 1 atom stereocenters. The van der Waals surface area contributed by atoms with E-state index >= 15 is 0 Å². The molecule has 132 valence electrons. The van der Waals surface area contributed by atoms with Crippen LogP contribution in [0.15, 0.2) is 42.5 Å². The maximum atomic E-state index is 12.9. The molecule has 1 unspecified atom stereocenters. The molecule has 0 fully saturated rings. The highest BCUT2D eigenvalue weighted by atomic mass is 19.4. The maximum Gasteiger partial charge on any atom is 0.453 e. The molecular formula is C16H17F3N6. The van der Waals surface area contributed by atoms with Crippen molar-refractivity contribution in [3.63, 3.8) is 0 Å². The van der Waals surface area contributed by atoms with Gasteiger partial charge in [0.15, 0.2) is 5.65 Å². The number of nitrogens with zero attached hydrogens (tertiary/aromatic N) is 5. The van der Waals surface area contributed by atoms with Gasteiger partial charge < -0.3 is 10.2 Å². The van der Waals surface area contributed by atoms with Gasteiger partial charge in [-0.3, -0.25) is 0 Å². The van der Waals surface area contributed by atoms with Gasteiger partial charge in [-0.1, -0.05) is 30.3 Å². The van der Waals surface area contributed by atoms with E-state index in [2.05, 4.69) is 20.6 Å². The number of likely N-dealkylation sites (N-methyl/N-ethyl adjacent to an activating group) is 1. The topological polar surface area (TPSA) is 58.3 Å². The lowest BCUT2D eigenvalue weighted by Crippen LogP contribution is -2.27. The van der Waals surface area contributed by atoms with Gasteiger partial charge in [-0.2, -0.15) is 17.7 Å². The molecule has 2 heterocycles. The van der Waals surface area contributed by atoms with E-state index in [4.69, 9.17) is 0 Å². The summed E-state index contributed by atoms with van der Waals surface area (Å²) in [6, 6.07) is 12.9. The Kier molecular flexibility index (Phi) is 4.58. The van der Waals surface area contributed by atoms with Crippen LogP contribution in [0.25, 0.3) is 5.65 Å². The summed E-state index contributed by atoms with van der Waals surface area (Å²) in [4.78, 5) is 2.03.